The number of anilines is 2. The summed E-state index contributed by atoms with van der Waals surface area (Å²) in [6.45, 7) is 4.77. The quantitative estimate of drug-likeness (QED) is 0.715. The van der Waals surface area contributed by atoms with E-state index in [1.807, 2.05) is 11.6 Å². The van der Waals surface area contributed by atoms with Crippen molar-refractivity contribution in [1.29, 1.82) is 0 Å². The minimum Gasteiger partial charge on any atom is -0.395 e. The minimum atomic E-state index is 0.172. The van der Waals surface area contributed by atoms with Crippen molar-refractivity contribution >= 4 is 11.4 Å². The Labute approximate surface area is 78.0 Å². The highest BCUT2D eigenvalue weighted by Crippen LogP contribution is 2.33. The monoisotopic (exact) mass is 177 g/mol. The molecule has 2 N–H and O–H groups in total. The first-order valence-electron chi connectivity index (χ1n) is 4.39. The Morgan fingerprint density at radius 1 is 1.46 bits per heavy atom. The molecule has 1 radical (unpaired) electrons. The summed E-state index contributed by atoms with van der Waals surface area (Å²) < 4.78 is 0. The fourth-order valence-corrected chi connectivity index (χ4v) is 1.53. The van der Waals surface area contributed by atoms with E-state index in [1.54, 1.807) is 0 Å². The fraction of sp³-hybridized carbons (Fsp3) is 0.300. The third-order valence-corrected chi connectivity index (χ3v) is 2.18. The molecule has 2 rings (SSSR count). The molecule has 0 unspecified atom stereocenters. The Balaban J connectivity index is 2.27. The van der Waals surface area contributed by atoms with Crippen LogP contribution in [-0.4, -0.2) is 18.3 Å². The molecule has 1 heterocycles. The Bertz CT molecular complexity index is 312. The van der Waals surface area contributed by atoms with Gasteiger partial charge in [-0.2, -0.15) is 0 Å². The number of aliphatic hydroxyl groups excluding tert-OH is 1. The van der Waals surface area contributed by atoms with Crippen LogP contribution in [0.5, 0.6) is 0 Å². The van der Waals surface area contributed by atoms with Crippen LogP contribution in [0.2, 0.25) is 0 Å². The van der Waals surface area contributed by atoms with Gasteiger partial charge in [-0.3, -0.25) is 0 Å². The Hall–Kier alpha value is -1.22. The molecule has 69 valence electrons. The van der Waals surface area contributed by atoms with Gasteiger partial charge in [0.1, 0.15) is 6.67 Å². The SMILES string of the molecule is Cc1ccc2c(c1)N[CH]N2CCO. The van der Waals surface area contributed by atoms with E-state index in [1.165, 1.54) is 5.56 Å². The summed E-state index contributed by atoms with van der Waals surface area (Å²) in [7, 11) is 0. The van der Waals surface area contributed by atoms with Crippen molar-refractivity contribution in [3.63, 3.8) is 0 Å². The van der Waals surface area contributed by atoms with E-state index in [0.717, 1.165) is 11.4 Å². The van der Waals surface area contributed by atoms with E-state index < -0.39 is 0 Å². The largest absolute Gasteiger partial charge is 0.395 e. The lowest BCUT2D eigenvalue weighted by Gasteiger charge is -2.14. The lowest BCUT2D eigenvalue weighted by Crippen LogP contribution is -2.21. The number of aryl methyl sites for hydroxylation is 1. The van der Waals surface area contributed by atoms with Crippen molar-refractivity contribution in [2.24, 2.45) is 0 Å². The van der Waals surface area contributed by atoms with Crippen molar-refractivity contribution in [3.8, 4) is 0 Å². The van der Waals surface area contributed by atoms with Gasteiger partial charge in [-0.15, -0.1) is 0 Å². The Morgan fingerprint density at radius 3 is 3.08 bits per heavy atom. The average molecular weight is 177 g/mol. The number of nitrogens with zero attached hydrogens (tertiary/aromatic N) is 1. The second kappa shape index (κ2) is 3.26. The van der Waals surface area contributed by atoms with Crippen LogP contribution < -0.4 is 10.2 Å². The van der Waals surface area contributed by atoms with Gasteiger partial charge in [0.25, 0.3) is 0 Å². The van der Waals surface area contributed by atoms with E-state index in [0.29, 0.717) is 6.54 Å². The highest BCUT2D eigenvalue weighted by molar-refractivity contribution is 5.77. The average Bonchev–Trinajstić information content (AvgIpc) is 2.49. The number of benzene rings is 1. The zero-order valence-corrected chi connectivity index (χ0v) is 7.62. The fourth-order valence-electron chi connectivity index (χ4n) is 1.53. The smallest absolute Gasteiger partial charge is 0.139 e. The zero-order chi connectivity index (χ0) is 9.26. The lowest BCUT2D eigenvalue weighted by molar-refractivity contribution is 0.304. The number of hydrogen-bond acceptors (Lipinski definition) is 3. The van der Waals surface area contributed by atoms with Gasteiger partial charge in [0.2, 0.25) is 0 Å². The molecule has 1 aromatic rings. The van der Waals surface area contributed by atoms with E-state index in [4.69, 9.17) is 5.11 Å². The van der Waals surface area contributed by atoms with Gasteiger partial charge >= 0.3 is 0 Å². The normalized spacial score (nSPS) is 14.2. The van der Waals surface area contributed by atoms with Crippen LogP contribution in [0.3, 0.4) is 0 Å². The van der Waals surface area contributed by atoms with Gasteiger partial charge in [-0.25, -0.2) is 0 Å². The zero-order valence-electron chi connectivity index (χ0n) is 7.62. The van der Waals surface area contributed by atoms with Gasteiger partial charge < -0.3 is 15.3 Å². The highest BCUT2D eigenvalue weighted by atomic mass is 16.3. The molecular weight excluding hydrogens is 164 g/mol. The van der Waals surface area contributed by atoms with Crippen LogP contribution in [-0.2, 0) is 0 Å². The molecule has 1 aliphatic rings. The van der Waals surface area contributed by atoms with Crippen molar-refractivity contribution in [1.82, 2.24) is 0 Å². The maximum atomic E-state index is 8.82. The number of nitrogens with one attached hydrogen (secondary N) is 1. The Kier molecular flexibility index (Phi) is 2.10. The van der Waals surface area contributed by atoms with E-state index in [2.05, 4.69) is 30.4 Å². The van der Waals surface area contributed by atoms with Crippen LogP contribution in [0.15, 0.2) is 18.2 Å². The molecule has 13 heavy (non-hydrogen) atoms. The third kappa shape index (κ3) is 1.47. The van der Waals surface area contributed by atoms with Crippen molar-refractivity contribution in [2.75, 3.05) is 23.4 Å². The van der Waals surface area contributed by atoms with E-state index in [-0.39, 0.29) is 6.61 Å². The predicted molar refractivity (Wildman–Crippen MR) is 53.5 cm³/mol. The second-order valence-electron chi connectivity index (χ2n) is 3.21. The molecule has 3 heteroatoms. The van der Waals surface area contributed by atoms with Crippen LogP contribution in [0.1, 0.15) is 5.56 Å². The van der Waals surface area contributed by atoms with Crippen molar-refractivity contribution < 1.29 is 5.11 Å². The van der Waals surface area contributed by atoms with Gasteiger partial charge in [0.05, 0.1) is 18.0 Å². The first-order valence-corrected chi connectivity index (χ1v) is 4.39. The maximum Gasteiger partial charge on any atom is 0.139 e. The third-order valence-electron chi connectivity index (χ3n) is 2.18. The Morgan fingerprint density at radius 2 is 2.31 bits per heavy atom. The van der Waals surface area contributed by atoms with Crippen molar-refractivity contribution in [2.45, 2.75) is 6.92 Å². The maximum absolute atomic E-state index is 8.82. The summed E-state index contributed by atoms with van der Waals surface area (Å²) in [4.78, 5) is 2.01. The summed E-state index contributed by atoms with van der Waals surface area (Å²) in [6.07, 6.45) is 0. The molecule has 0 aliphatic carbocycles. The van der Waals surface area contributed by atoms with Crippen LogP contribution in [0.4, 0.5) is 11.4 Å². The predicted octanol–water partition coefficient (Wildman–Crippen LogP) is 1.34. The molecule has 1 aromatic carbocycles. The topological polar surface area (TPSA) is 35.5 Å². The summed E-state index contributed by atoms with van der Waals surface area (Å²) in [5.74, 6) is 0. The molecule has 0 bridgehead atoms. The minimum absolute atomic E-state index is 0.172. The molecule has 0 spiro atoms. The summed E-state index contributed by atoms with van der Waals surface area (Å²) >= 11 is 0. The molecule has 0 atom stereocenters. The van der Waals surface area contributed by atoms with Gasteiger partial charge in [-0.1, -0.05) is 6.07 Å². The standard InChI is InChI=1S/C10H13N2O/c1-8-2-3-10-9(6-8)11-7-12(10)4-5-13/h2-3,6-7,11,13H,4-5H2,1H3. The molecule has 1 aliphatic heterocycles. The molecule has 0 saturated heterocycles. The van der Waals surface area contributed by atoms with Gasteiger partial charge in [0, 0.05) is 6.54 Å². The summed E-state index contributed by atoms with van der Waals surface area (Å²) in [6, 6.07) is 6.24. The summed E-state index contributed by atoms with van der Waals surface area (Å²) in [5.41, 5.74) is 3.50. The number of rotatable bonds is 2. The van der Waals surface area contributed by atoms with E-state index >= 15 is 0 Å². The van der Waals surface area contributed by atoms with Crippen LogP contribution >= 0.6 is 0 Å². The van der Waals surface area contributed by atoms with Crippen LogP contribution in [0.25, 0.3) is 0 Å². The molecule has 0 fully saturated rings. The molecule has 3 nitrogen and oxygen atoms in total. The van der Waals surface area contributed by atoms with Crippen LogP contribution in [0, 0.1) is 13.6 Å². The van der Waals surface area contributed by atoms with Gasteiger partial charge in [0.15, 0.2) is 0 Å². The second-order valence-corrected chi connectivity index (χ2v) is 3.21. The number of hydrogen-bond donors (Lipinski definition) is 2. The summed E-state index contributed by atoms with van der Waals surface area (Å²) in [5, 5.41) is 12.0. The van der Waals surface area contributed by atoms with Gasteiger partial charge in [-0.05, 0) is 24.6 Å². The van der Waals surface area contributed by atoms with E-state index in [9.17, 15) is 0 Å². The number of β-amino-alcohol motifs (C(OH)–C–C–N with tert-alkyl or cyclic N) is 1. The molecule has 0 amide bonds. The number of fused-ring (bicyclic) bond motifs is 1. The molecule has 0 saturated carbocycles. The first-order chi connectivity index (χ1) is 6.31. The highest BCUT2D eigenvalue weighted by Gasteiger charge is 2.17. The lowest BCUT2D eigenvalue weighted by atomic mass is 10.2. The molecule has 0 aromatic heterocycles. The molecular formula is C10H13N2O. The first kappa shape index (κ1) is 8.38. The number of aliphatic hydroxyl groups is 1. The van der Waals surface area contributed by atoms with Crippen molar-refractivity contribution in [3.05, 3.63) is 30.4 Å².